The fourth-order valence-corrected chi connectivity index (χ4v) is 2.49. The minimum atomic E-state index is -0.467. The standard InChI is InChI=1S/C13H14N2O4.C2H6/c16-12(10-1-3-11(4-2-10)15(17)18)14-7-8-19-9-13(14)5-6-13;1-2/h1-4H,5-9H2;1-2H3. The van der Waals surface area contributed by atoms with E-state index in [4.69, 9.17) is 4.74 Å². The summed E-state index contributed by atoms with van der Waals surface area (Å²) >= 11 is 0. The van der Waals surface area contributed by atoms with E-state index < -0.39 is 4.92 Å². The van der Waals surface area contributed by atoms with E-state index in [0.29, 0.717) is 25.3 Å². The number of hydrogen-bond acceptors (Lipinski definition) is 4. The van der Waals surface area contributed by atoms with E-state index in [1.165, 1.54) is 24.3 Å². The van der Waals surface area contributed by atoms with Crippen molar-refractivity contribution in [2.75, 3.05) is 19.8 Å². The molecule has 1 spiro atoms. The largest absolute Gasteiger partial charge is 0.377 e. The van der Waals surface area contributed by atoms with Gasteiger partial charge >= 0.3 is 0 Å². The summed E-state index contributed by atoms with van der Waals surface area (Å²) in [6, 6.07) is 5.78. The van der Waals surface area contributed by atoms with Crippen LogP contribution in [-0.2, 0) is 4.74 Å². The first-order valence-electron chi connectivity index (χ1n) is 7.27. The van der Waals surface area contributed by atoms with Gasteiger partial charge in [0.2, 0.25) is 0 Å². The number of rotatable bonds is 2. The van der Waals surface area contributed by atoms with Crippen molar-refractivity contribution in [3.05, 3.63) is 39.9 Å². The molecule has 2 aliphatic rings. The second-order valence-corrected chi connectivity index (χ2v) is 5.04. The van der Waals surface area contributed by atoms with Crippen molar-refractivity contribution in [1.29, 1.82) is 0 Å². The van der Waals surface area contributed by atoms with Crippen molar-refractivity contribution in [1.82, 2.24) is 4.90 Å². The van der Waals surface area contributed by atoms with Crippen LogP contribution in [0.4, 0.5) is 5.69 Å². The molecule has 1 saturated carbocycles. The third-order valence-corrected chi connectivity index (χ3v) is 3.80. The lowest BCUT2D eigenvalue weighted by atomic mass is 10.1. The van der Waals surface area contributed by atoms with Crippen molar-refractivity contribution in [2.24, 2.45) is 0 Å². The Bertz CT molecular complexity index is 523. The maximum atomic E-state index is 12.4. The monoisotopic (exact) mass is 292 g/mol. The topological polar surface area (TPSA) is 72.7 Å². The van der Waals surface area contributed by atoms with Crippen molar-refractivity contribution in [3.63, 3.8) is 0 Å². The number of morpholine rings is 1. The molecule has 6 nitrogen and oxygen atoms in total. The average molecular weight is 292 g/mol. The summed E-state index contributed by atoms with van der Waals surface area (Å²) in [5, 5.41) is 10.6. The number of benzene rings is 1. The zero-order valence-electron chi connectivity index (χ0n) is 12.4. The molecule has 1 amide bonds. The van der Waals surface area contributed by atoms with Crippen LogP contribution >= 0.6 is 0 Å². The quantitative estimate of drug-likeness (QED) is 0.620. The molecule has 2 fully saturated rings. The number of nitro benzene ring substituents is 1. The Kier molecular flexibility index (Phi) is 4.57. The molecule has 0 unspecified atom stereocenters. The summed E-state index contributed by atoms with van der Waals surface area (Å²) < 4.78 is 5.43. The van der Waals surface area contributed by atoms with Gasteiger partial charge in [-0.1, -0.05) is 13.8 Å². The first-order valence-corrected chi connectivity index (χ1v) is 7.27. The molecule has 114 valence electrons. The average Bonchev–Trinajstić information content (AvgIpc) is 3.29. The van der Waals surface area contributed by atoms with Crippen molar-refractivity contribution >= 4 is 11.6 Å². The van der Waals surface area contributed by atoms with Crippen LogP contribution in [0.5, 0.6) is 0 Å². The highest BCUT2D eigenvalue weighted by Crippen LogP contribution is 2.44. The molecule has 6 heteroatoms. The smallest absolute Gasteiger partial charge is 0.269 e. The Labute approximate surface area is 123 Å². The zero-order chi connectivity index (χ0) is 15.5. The molecule has 1 heterocycles. The van der Waals surface area contributed by atoms with Gasteiger partial charge in [0.15, 0.2) is 0 Å². The van der Waals surface area contributed by atoms with Crippen molar-refractivity contribution in [2.45, 2.75) is 32.2 Å². The maximum Gasteiger partial charge on any atom is 0.269 e. The molecule has 21 heavy (non-hydrogen) atoms. The number of ether oxygens (including phenoxy) is 1. The van der Waals surface area contributed by atoms with Gasteiger partial charge in [0.1, 0.15) is 0 Å². The van der Waals surface area contributed by atoms with Crippen LogP contribution in [-0.4, -0.2) is 41.0 Å². The normalized spacial score (nSPS) is 18.7. The van der Waals surface area contributed by atoms with E-state index in [0.717, 1.165) is 12.8 Å². The number of amides is 1. The third-order valence-electron chi connectivity index (χ3n) is 3.80. The Morgan fingerprint density at radius 3 is 2.43 bits per heavy atom. The molecular formula is C15H20N2O4. The Morgan fingerprint density at radius 2 is 1.90 bits per heavy atom. The summed E-state index contributed by atoms with van der Waals surface area (Å²) in [6.07, 6.45) is 1.96. The zero-order valence-corrected chi connectivity index (χ0v) is 12.4. The Morgan fingerprint density at radius 1 is 1.29 bits per heavy atom. The summed E-state index contributed by atoms with van der Waals surface area (Å²) in [6.45, 7) is 5.75. The van der Waals surface area contributed by atoms with Gasteiger partial charge in [0, 0.05) is 24.2 Å². The summed E-state index contributed by atoms with van der Waals surface area (Å²) in [7, 11) is 0. The SMILES string of the molecule is CC.O=C(c1ccc([N+](=O)[O-])cc1)N1CCOCC12CC2. The van der Waals surface area contributed by atoms with Gasteiger partial charge in [-0.05, 0) is 25.0 Å². The van der Waals surface area contributed by atoms with Gasteiger partial charge in [-0.2, -0.15) is 0 Å². The number of hydrogen-bond donors (Lipinski definition) is 0. The highest BCUT2D eigenvalue weighted by Gasteiger charge is 2.52. The van der Waals surface area contributed by atoms with Gasteiger partial charge in [0.25, 0.3) is 11.6 Å². The van der Waals surface area contributed by atoms with Crippen molar-refractivity contribution < 1.29 is 14.5 Å². The summed E-state index contributed by atoms with van der Waals surface area (Å²) in [5.41, 5.74) is 0.385. The molecule has 1 aromatic rings. The lowest BCUT2D eigenvalue weighted by Crippen LogP contribution is -2.50. The molecule has 1 aliphatic carbocycles. The van der Waals surface area contributed by atoms with Crippen LogP contribution in [0.1, 0.15) is 37.0 Å². The lowest BCUT2D eigenvalue weighted by Gasteiger charge is -2.36. The van der Waals surface area contributed by atoms with E-state index >= 15 is 0 Å². The van der Waals surface area contributed by atoms with E-state index in [2.05, 4.69) is 0 Å². The van der Waals surface area contributed by atoms with Crippen LogP contribution in [0.25, 0.3) is 0 Å². The first kappa shape index (κ1) is 15.4. The molecule has 1 aromatic carbocycles. The van der Waals surface area contributed by atoms with E-state index in [-0.39, 0.29) is 17.1 Å². The second kappa shape index (κ2) is 6.22. The van der Waals surface area contributed by atoms with Gasteiger partial charge < -0.3 is 9.64 Å². The van der Waals surface area contributed by atoms with Crippen LogP contribution in [0.3, 0.4) is 0 Å². The van der Waals surface area contributed by atoms with Crippen LogP contribution in [0.15, 0.2) is 24.3 Å². The fourth-order valence-electron chi connectivity index (χ4n) is 2.49. The number of carbonyl (C=O) groups excluding carboxylic acids is 1. The summed E-state index contributed by atoms with van der Waals surface area (Å²) in [5.74, 6) is -0.0595. The molecule has 0 bridgehead atoms. The Hall–Kier alpha value is -1.95. The lowest BCUT2D eigenvalue weighted by molar-refractivity contribution is -0.384. The predicted octanol–water partition coefficient (Wildman–Crippen LogP) is 2.63. The van der Waals surface area contributed by atoms with Gasteiger partial charge in [-0.25, -0.2) is 0 Å². The minimum absolute atomic E-state index is 0.000312. The molecule has 1 saturated heterocycles. The Balaban J connectivity index is 0.000000774. The van der Waals surface area contributed by atoms with Crippen molar-refractivity contribution in [3.8, 4) is 0 Å². The van der Waals surface area contributed by atoms with E-state index in [1.807, 2.05) is 18.7 Å². The highest BCUT2D eigenvalue weighted by molar-refractivity contribution is 5.95. The first-order chi connectivity index (χ1) is 10.1. The highest BCUT2D eigenvalue weighted by atomic mass is 16.6. The van der Waals surface area contributed by atoms with Gasteiger partial charge in [0.05, 0.1) is 23.7 Å². The molecule has 3 rings (SSSR count). The molecule has 1 aliphatic heterocycles. The molecule has 0 N–H and O–H groups in total. The van der Waals surface area contributed by atoms with Crippen LogP contribution < -0.4 is 0 Å². The number of carbonyl (C=O) groups is 1. The molecule has 0 aromatic heterocycles. The second-order valence-electron chi connectivity index (χ2n) is 5.04. The number of nitro groups is 1. The predicted molar refractivity (Wildman–Crippen MR) is 78.3 cm³/mol. The van der Waals surface area contributed by atoms with Gasteiger partial charge in [-0.3, -0.25) is 14.9 Å². The van der Waals surface area contributed by atoms with Gasteiger partial charge in [-0.15, -0.1) is 0 Å². The summed E-state index contributed by atoms with van der Waals surface area (Å²) in [4.78, 5) is 24.4. The molecule has 0 atom stereocenters. The van der Waals surface area contributed by atoms with Crippen LogP contribution in [0.2, 0.25) is 0 Å². The fraction of sp³-hybridized carbons (Fsp3) is 0.533. The number of nitrogens with zero attached hydrogens (tertiary/aromatic N) is 2. The minimum Gasteiger partial charge on any atom is -0.377 e. The van der Waals surface area contributed by atoms with E-state index in [9.17, 15) is 14.9 Å². The van der Waals surface area contributed by atoms with E-state index in [1.54, 1.807) is 0 Å². The van der Waals surface area contributed by atoms with Crippen LogP contribution in [0, 0.1) is 10.1 Å². The third kappa shape index (κ3) is 3.05. The molecular weight excluding hydrogens is 272 g/mol. The maximum absolute atomic E-state index is 12.4. The number of non-ortho nitro benzene ring substituents is 1. The molecule has 0 radical (unpaired) electrons.